The van der Waals surface area contributed by atoms with Crippen molar-refractivity contribution in [2.75, 3.05) is 6.61 Å². The van der Waals surface area contributed by atoms with Crippen LogP contribution in [0.1, 0.15) is 46.0 Å². The maximum absolute atomic E-state index is 12.1. The number of esters is 2. The first-order valence-corrected chi connectivity index (χ1v) is 6.80. The van der Waals surface area contributed by atoms with Crippen LogP contribution in [-0.2, 0) is 19.1 Å². The molecule has 0 aliphatic carbocycles. The van der Waals surface area contributed by atoms with Gasteiger partial charge in [-0.1, -0.05) is 12.2 Å². The van der Waals surface area contributed by atoms with E-state index in [1.807, 2.05) is 19.1 Å². The molecule has 0 fully saturated rings. The van der Waals surface area contributed by atoms with E-state index >= 15 is 0 Å². The molecule has 122 valence electrons. The summed E-state index contributed by atoms with van der Waals surface area (Å²) < 4.78 is 45.5. The lowest BCUT2D eigenvalue weighted by Crippen LogP contribution is -2.30. The highest BCUT2D eigenvalue weighted by atomic mass is 19.4. The molecule has 0 aromatic heterocycles. The molecular formula is C14H21F3O4. The molecule has 0 saturated carbocycles. The summed E-state index contributed by atoms with van der Waals surface area (Å²) in [4.78, 5) is 22.4. The number of allylic oxidation sites excluding steroid dienone is 2. The van der Waals surface area contributed by atoms with Crippen molar-refractivity contribution in [1.82, 2.24) is 0 Å². The SMILES string of the molecule is C/C=C/CCCOC(=O)CCCC(=O)OC(C)C(F)(F)F. The molecule has 0 amide bonds. The Hall–Kier alpha value is -1.53. The van der Waals surface area contributed by atoms with E-state index in [1.54, 1.807) is 0 Å². The number of ether oxygens (including phenoxy) is 2. The van der Waals surface area contributed by atoms with Crippen molar-refractivity contribution in [3.63, 3.8) is 0 Å². The fraction of sp³-hybridized carbons (Fsp3) is 0.714. The average molecular weight is 310 g/mol. The van der Waals surface area contributed by atoms with Crippen LogP contribution in [0.3, 0.4) is 0 Å². The van der Waals surface area contributed by atoms with Crippen molar-refractivity contribution in [3.8, 4) is 0 Å². The fourth-order valence-corrected chi connectivity index (χ4v) is 1.33. The topological polar surface area (TPSA) is 52.6 Å². The van der Waals surface area contributed by atoms with Crippen molar-refractivity contribution < 1.29 is 32.2 Å². The van der Waals surface area contributed by atoms with E-state index in [9.17, 15) is 22.8 Å². The number of halogens is 3. The zero-order valence-electron chi connectivity index (χ0n) is 12.2. The van der Waals surface area contributed by atoms with Crippen LogP contribution in [-0.4, -0.2) is 30.8 Å². The van der Waals surface area contributed by atoms with E-state index in [2.05, 4.69) is 4.74 Å². The van der Waals surface area contributed by atoms with Crippen molar-refractivity contribution in [3.05, 3.63) is 12.2 Å². The molecule has 0 saturated heterocycles. The standard InChI is InChI=1S/C14H21F3O4/c1-3-4-5-6-10-20-12(18)8-7-9-13(19)21-11(2)14(15,16)17/h3-4,11H,5-10H2,1-2H3/b4-3+. The highest BCUT2D eigenvalue weighted by Gasteiger charge is 2.38. The Bertz CT molecular complexity index is 351. The van der Waals surface area contributed by atoms with Crippen LogP contribution < -0.4 is 0 Å². The van der Waals surface area contributed by atoms with Crippen LogP contribution in [0.15, 0.2) is 12.2 Å². The molecule has 1 unspecified atom stereocenters. The number of hydrogen-bond donors (Lipinski definition) is 0. The molecule has 7 heteroatoms. The van der Waals surface area contributed by atoms with Gasteiger partial charge in [0.2, 0.25) is 0 Å². The summed E-state index contributed by atoms with van der Waals surface area (Å²) in [6.45, 7) is 2.94. The molecule has 0 aliphatic rings. The normalized spacial score (nSPS) is 13.2. The summed E-state index contributed by atoms with van der Waals surface area (Å²) in [5.74, 6) is -1.44. The van der Waals surface area contributed by atoms with E-state index in [1.165, 1.54) is 0 Å². The van der Waals surface area contributed by atoms with Crippen LogP contribution in [0.5, 0.6) is 0 Å². The second-order valence-electron chi connectivity index (χ2n) is 4.46. The summed E-state index contributed by atoms with van der Waals surface area (Å²) in [5.41, 5.74) is 0. The number of alkyl halides is 3. The third kappa shape index (κ3) is 10.9. The zero-order valence-corrected chi connectivity index (χ0v) is 12.2. The first-order chi connectivity index (χ1) is 9.77. The largest absolute Gasteiger partial charge is 0.466 e. The second-order valence-corrected chi connectivity index (χ2v) is 4.46. The summed E-state index contributed by atoms with van der Waals surface area (Å²) in [6.07, 6.45) is -1.48. The molecule has 0 rings (SSSR count). The van der Waals surface area contributed by atoms with Crippen molar-refractivity contribution in [1.29, 1.82) is 0 Å². The monoisotopic (exact) mass is 310 g/mol. The van der Waals surface area contributed by atoms with E-state index in [0.29, 0.717) is 13.0 Å². The van der Waals surface area contributed by atoms with Gasteiger partial charge in [0.1, 0.15) is 0 Å². The van der Waals surface area contributed by atoms with Gasteiger partial charge in [-0.3, -0.25) is 9.59 Å². The maximum atomic E-state index is 12.1. The van der Waals surface area contributed by atoms with Crippen LogP contribution in [0.25, 0.3) is 0 Å². The first kappa shape index (κ1) is 19.5. The van der Waals surface area contributed by atoms with Crippen molar-refractivity contribution in [2.45, 2.75) is 58.2 Å². The van der Waals surface area contributed by atoms with E-state index < -0.39 is 24.2 Å². The summed E-state index contributed by atoms with van der Waals surface area (Å²) in [6, 6.07) is 0. The molecule has 0 aliphatic heterocycles. The molecule has 0 aromatic carbocycles. The van der Waals surface area contributed by atoms with Gasteiger partial charge >= 0.3 is 18.1 Å². The summed E-state index contributed by atoms with van der Waals surface area (Å²) >= 11 is 0. The zero-order chi connectivity index (χ0) is 16.3. The highest BCUT2D eigenvalue weighted by Crippen LogP contribution is 2.22. The van der Waals surface area contributed by atoms with E-state index in [-0.39, 0.29) is 19.3 Å². The summed E-state index contributed by atoms with van der Waals surface area (Å²) in [5, 5.41) is 0. The van der Waals surface area contributed by atoms with Gasteiger partial charge in [-0.05, 0) is 33.1 Å². The molecule has 0 bridgehead atoms. The van der Waals surface area contributed by atoms with Crippen LogP contribution in [0, 0.1) is 0 Å². The lowest BCUT2D eigenvalue weighted by Gasteiger charge is -2.16. The predicted molar refractivity (Wildman–Crippen MR) is 70.5 cm³/mol. The molecule has 1 atom stereocenters. The van der Waals surface area contributed by atoms with Gasteiger partial charge in [-0.25, -0.2) is 0 Å². The fourth-order valence-electron chi connectivity index (χ4n) is 1.33. The van der Waals surface area contributed by atoms with Crippen LogP contribution >= 0.6 is 0 Å². The van der Waals surface area contributed by atoms with Gasteiger partial charge in [0.15, 0.2) is 6.10 Å². The van der Waals surface area contributed by atoms with Gasteiger partial charge in [-0.15, -0.1) is 0 Å². The lowest BCUT2D eigenvalue weighted by atomic mass is 10.2. The Morgan fingerprint density at radius 2 is 1.76 bits per heavy atom. The predicted octanol–water partition coefficient (Wildman–Crippen LogP) is 3.55. The third-order valence-electron chi connectivity index (χ3n) is 2.54. The lowest BCUT2D eigenvalue weighted by molar-refractivity contribution is -0.216. The van der Waals surface area contributed by atoms with Gasteiger partial charge in [0.05, 0.1) is 6.61 Å². The van der Waals surface area contributed by atoms with Gasteiger partial charge in [0, 0.05) is 12.8 Å². The molecule has 4 nitrogen and oxygen atoms in total. The van der Waals surface area contributed by atoms with Crippen molar-refractivity contribution >= 4 is 11.9 Å². The number of unbranched alkanes of at least 4 members (excludes halogenated alkanes) is 1. The Morgan fingerprint density at radius 1 is 1.14 bits per heavy atom. The molecule has 0 aromatic rings. The smallest absolute Gasteiger partial charge is 0.425 e. The third-order valence-corrected chi connectivity index (χ3v) is 2.54. The van der Waals surface area contributed by atoms with Crippen LogP contribution in [0.4, 0.5) is 13.2 Å². The molecule has 0 N–H and O–H groups in total. The number of rotatable bonds is 9. The molecule has 0 radical (unpaired) electrons. The van der Waals surface area contributed by atoms with Crippen molar-refractivity contribution in [2.24, 2.45) is 0 Å². The quantitative estimate of drug-likeness (QED) is 0.371. The Balaban J connectivity index is 3.69. The second kappa shape index (κ2) is 10.2. The Kier molecular flexibility index (Phi) is 9.49. The Labute approximate surface area is 122 Å². The van der Waals surface area contributed by atoms with E-state index in [0.717, 1.165) is 13.3 Å². The molecule has 21 heavy (non-hydrogen) atoms. The van der Waals surface area contributed by atoms with E-state index in [4.69, 9.17) is 4.74 Å². The number of carbonyl (C=O) groups is 2. The van der Waals surface area contributed by atoms with Crippen LogP contribution in [0.2, 0.25) is 0 Å². The minimum absolute atomic E-state index is 0.0148. The first-order valence-electron chi connectivity index (χ1n) is 6.80. The highest BCUT2D eigenvalue weighted by molar-refractivity contribution is 5.72. The van der Waals surface area contributed by atoms with Gasteiger partial charge < -0.3 is 9.47 Å². The molecular weight excluding hydrogens is 289 g/mol. The van der Waals surface area contributed by atoms with Gasteiger partial charge in [0.25, 0.3) is 0 Å². The van der Waals surface area contributed by atoms with Gasteiger partial charge in [-0.2, -0.15) is 13.2 Å². The average Bonchev–Trinajstić information content (AvgIpc) is 2.37. The maximum Gasteiger partial charge on any atom is 0.425 e. The molecule has 0 heterocycles. The number of carbonyl (C=O) groups excluding carboxylic acids is 2. The number of hydrogen-bond acceptors (Lipinski definition) is 4. The minimum Gasteiger partial charge on any atom is -0.466 e. The molecule has 0 spiro atoms. The summed E-state index contributed by atoms with van der Waals surface area (Å²) in [7, 11) is 0. The Morgan fingerprint density at radius 3 is 2.33 bits per heavy atom. The minimum atomic E-state index is -4.57.